The molecule has 1 aromatic carbocycles. The number of nitrogens with zero attached hydrogens (tertiary/aromatic N) is 2. The van der Waals surface area contributed by atoms with Crippen LogP contribution in [-0.4, -0.2) is 24.1 Å². The van der Waals surface area contributed by atoms with E-state index in [1.807, 2.05) is 0 Å². The molecule has 22 heavy (non-hydrogen) atoms. The molecule has 2 aromatic rings. The predicted molar refractivity (Wildman–Crippen MR) is 75.3 cm³/mol. The van der Waals surface area contributed by atoms with Crippen LogP contribution in [0.4, 0.5) is 4.39 Å². The lowest BCUT2D eigenvalue weighted by atomic mass is 10.2. The van der Waals surface area contributed by atoms with Crippen LogP contribution in [0.1, 0.15) is 5.56 Å². The highest BCUT2D eigenvalue weighted by atomic mass is 32.2. The molecule has 1 N–H and O–H groups in total. The van der Waals surface area contributed by atoms with E-state index < -0.39 is 33.7 Å². The summed E-state index contributed by atoms with van der Waals surface area (Å²) in [4.78, 5) is 12.1. The second-order valence-corrected chi connectivity index (χ2v) is 6.30. The molecule has 0 unspecified atom stereocenters. The quantitative estimate of drug-likeness (QED) is 0.880. The number of aryl methyl sites for hydroxylation is 1. The van der Waals surface area contributed by atoms with E-state index in [0.29, 0.717) is 16.3 Å². The minimum Gasteiger partial charge on any atom is -0.364 e. The highest BCUT2D eigenvalue weighted by Gasteiger charge is 2.23. The zero-order chi connectivity index (χ0) is 16.5. The molecule has 9 heteroatoms. The highest BCUT2D eigenvalue weighted by molar-refractivity contribution is 7.90. The van der Waals surface area contributed by atoms with Crippen molar-refractivity contribution in [1.82, 2.24) is 8.54 Å². The van der Waals surface area contributed by atoms with Gasteiger partial charge in [-0.05, 0) is 18.6 Å². The third kappa shape index (κ3) is 2.60. The van der Waals surface area contributed by atoms with Gasteiger partial charge in [0.15, 0.2) is 11.3 Å². The van der Waals surface area contributed by atoms with Crippen molar-refractivity contribution >= 4 is 10.0 Å². The van der Waals surface area contributed by atoms with Gasteiger partial charge in [-0.25, -0.2) is 17.6 Å². The Bertz CT molecular complexity index is 931. The Kier molecular flexibility index (Phi) is 4.29. The second kappa shape index (κ2) is 5.85. The molecular formula is C13H14FN3O4S. The summed E-state index contributed by atoms with van der Waals surface area (Å²) in [5, 5.41) is 7.49. The maximum Gasteiger partial charge on any atom is 0.345 e. The van der Waals surface area contributed by atoms with Crippen LogP contribution in [0.3, 0.4) is 0 Å². The van der Waals surface area contributed by atoms with Crippen molar-refractivity contribution in [3.05, 3.63) is 57.8 Å². The number of benzene rings is 1. The molecule has 0 saturated heterocycles. The first kappa shape index (κ1) is 16.1. The zero-order valence-electron chi connectivity index (χ0n) is 11.9. The predicted octanol–water partition coefficient (Wildman–Crippen LogP) is 0.418. The van der Waals surface area contributed by atoms with Crippen LogP contribution in [-0.2, 0) is 21.5 Å². The molecule has 0 atom stereocenters. The Hall–Kier alpha value is -2.26. The van der Waals surface area contributed by atoms with E-state index in [0.717, 1.165) is 0 Å². The van der Waals surface area contributed by atoms with Gasteiger partial charge in [0.25, 0.3) is 10.0 Å². The molecule has 1 aromatic heterocycles. The average molecular weight is 327 g/mol. The molecule has 0 spiro atoms. The summed E-state index contributed by atoms with van der Waals surface area (Å²) < 4.78 is 44.5. The van der Waals surface area contributed by atoms with Crippen LogP contribution < -0.4 is 11.2 Å². The first-order valence-corrected chi connectivity index (χ1v) is 7.61. The summed E-state index contributed by atoms with van der Waals surface area (Å²) >= 11 is 0. The normalized spacial score (nSPS) is 11.6. The fourth-order valence-electron chi connectivity index (χ4n) is 1.94. The molecule has 0 fully saturated rings. The fourth-order valence-corrected chi connectivity index (χ4v) is 3.41. The van der Waals surface area contributed by atoms with Crippen molar-refractivity contribution in [3.8, 4) is 0 Å². The third-order valence-corrected chi connectivity index (χ3v) is 4.83. The molecule has 0 aliphatic carbocycles. The lowest BCUT2D eigenvalue weighted by Crippen LogP contribution is -2.43. The Morgan fingerprint density at radius 1 is 1.32 bits per heavy atom. The van der Waals surface area contributed by atoms with Gasteiger partial charge in [-0.15, -0.1) is 0 Å². The summed E-state index contributed by atoms with van der Waals surface area (Å²) in [5.74, 6) is -1.14. The molecular weight excluding hydrogens is 313 g/mol. The standard InChI is InChI=1S/C13H14FN3O4S/c1-9-5-3-4-6-11(9)22(19,20)17-7-10(14)12(15)16(8-21-2)13(17)18/h3-7,15H,8H2,1-2H3. The van der Waals surface area contributed by atoms with Crippen molar-refractivity contribution in [1.29, 1.82) is 5.41 Å². The Morgan fingerprint density at radius 3 is 2.55 bits per heavy atom. The molecule has 2 rings (SSSR count). The van der Waals surface area contributed by atoms with Crippen molar-refractivity contribution in [3.63, 3.8) is 0 Å². The number of methoxy groups -OCH3 is 1. The van der Waals surface area contributed by atoms with Crippen LogP contribution in [0, 0.1) is 18.2 Å². The molecule has 0 bridgehead atoms. The van der Waals surface area contributed by atoms with Gasteiger partial charge in [0.05, 0.1) is 11.1 Å². The van der Waals surface area contributed by atoms with Gasteiger partial charge in [-0.3, -0.25) is 9.98 Å². The number of ether oxygens (including phenoxy) is 1. The van der Waals surface area contributed by atoms with E-state index in [1.54, 1.807) is 19.1 Å². The number of hydrogen-bond donors (Lipinski definition) is 1. The van der Waals surface area contributed by atoms with Crippen molar-refractivity contribution < 1.29 is 17.5 Å². The van der Waals surface area contributed by atoms with Gasteiger partial charge >= 0.3 is 5.69 Å². The second-order valence-electron chi connectivity index (χ2n) is 4.52. The molecule has 118 valence electrons. The van der Waals surface area contributed by atoms with E-state index in [2.05, 4.69) is 0 Å². The summed E-state index contributed by atoms with van der Waals surface area (Å²) in [7, 11) is -3.03. The van der Waals surface area contributed by atoms with E-state index in [-0.39, 0.29) is 8.87 Å². The van der Waals surface area contributed by atoms with E-state index in [1.165, 1.54) is 19.2 Å². The van der Waals surface area contributed by atoms with Crippen molar-refractivity contribution in [2.24, 2.45) is 0 Å². The van der Waals surface area contributed by atoms with Crippen molar-refractivity contribution in [2.45, 2.75) is 18.6 Å². The van der Waals surface area contributed by atoms with Crippen LogP contribution in [0.2, 0.25) is 0 Å². The molecule has 0 radical (unpaired) electrons. The lowest BCUT2D eigenvalue weighted by Gasteiger charge is -2.13. The van der Waals surface area contributed by atoms with Gasteiger partial charge < -0.3 is 4.74 Å². The fraction of sp³-hybridized carbons (Fsp3) is 0.231. The number of halogens is 1. The van der Waals surface area contributed by atoms with Gasteiger partial charge in [-0.2, -0.15) is 3.97 Å². The molecule has 1 heterocycles. The van der Waals surface area contributed by atoms with E-state index in [4.69, 9.17) is 10.1 Å². The number of nitrogens with one attached hydrogen (secondary N) is 1. The lowest BCUT2D eigenvalue weighted by molar-refractivity contribution is 0.121. The van der Waals surface area contributed by atoms with E-state index >= 15 is 0 Å². The maximum absolute atomic E-state index is 13.8. The Morgan fingerprint density at radius 2 is 1.95 bits per heavy atom. The minimum absolute atomic E-state index is 0.113. The topological polar surface area (TPSA) is 94.2 Å². The molecule has 0 amide bonds. The molecule has 7 nitrogen and oxygen atoms in total. The maximum atomic E-state index is 13.8. The highest BCUT2D eigenvalue weighted by Crippen LogP contribution is 2.16. The molecule has 0 aliphatic heterocycles. The minimum atomic E-state index is -4.28. The first-order valence-electron chi connectivity index (χ1n) is 6.17. The van der Waals surface area contributed by atoms with Gasteiger partial charge in [-0.1, -0.05) is 18.2 Å². The Labute approximate surface area is 125 Å². The SMILES string of the molecule is COCn1c(=N)c(F)cn(S(=O)(=O)c2ccccc2C)c1=O. The number of rotatable bonds is 4. The monoisotopic (exact) mass is 327 g/mol. The summed E-state index contributed by atoms with van der Waals surface area (Å²) in [5.41, 5.74) is -1.40. The van der Waals surface area contributed by atoms with Gasteiger partial charge in [0, 0.05) is 7.11 Å². The summed E-state index contributed by atoms with van der Waals surface area (Å²) in [6.07, 6.45) is 0.499. The third-order valence-electron chi connectivity index (χ3n) is 3.03. The number of hydrogen-bond acceptors (Lipinski definition) is 5. The smallest absolute Gasteiger partial charge is 0.345 e. The first-order chi connectivity index (χ1) is 10.3. The Balaban J connectivity index is 2.81. The molecule has 0 saturated carbocycles. The summed E-state index contributed by atoms with van der Waals surface area (Å²) in [6.45, 7) is 1.13. The van der Waals surface area contributed by atoms with Crippen LogP contribution in [0.25, 0.3) is 0 Å². The zero-order valence-corrected chi connectivity index (χ0v) is 12.7. The summed E-state index contributed by atoms with van der Waals surface area (Å²) in [6, 6.07) is 6.04. The average Bonchev–Trinajstić information content (AvgIpc) is 2.47. The largest absolute Gasteiger partial charge is 0.364 e. The van der Waals surface area contributed by atoms with Gasteiger partial charge in [0.2, 0.25) is 0 Å². The van der Waals surface area contributed by atoms with Crippen LogP contribution in [0.15, 0.2) is 40.2 Å². The van der Waals surface area contributed by atoms with Gasteiger partial charge in [0.1, 0.15) is 6.73 Å². The van der Waals surface area contributed by atoms with Crippen molar-refractivity contribution in [2.75, 3.05) is 7.11 Å². The molecule has 0 aliphatic rings. The number of aromatic nitrogens is 2. The van der Waals surface area contributed by atoms with E-state index in [9.17, 15) is 17.6 Å². The van der Waals surface area contributed by atoms with Crippen LogP contribution in [0.5, 0.6) is 0 Å². The van der Waals surface area contributed by atoms with Crippen LogP contribution >= 0.6 is 0 Å².